The van der Waals surface area contributed by atoms with E-state index in [1.54, 1.807) is 6.92 Å². The van der Waals surface area contributed by atoms with Crippen LogP contribution in [0, 0.1) is 15.9 Å². The first-order chi connectivity index (χ1) is 9.75. The van der Waals surface area contributed by atoms with Gasteiger partial charge in [-0.15, -0.1) is 0 Å². The molecule has 9 heteroatoms. The van der Waals surface area contributed by atoms with E-state index in [9.17, 15) is 22.9 Å². The molecule has 1 aromatic carbocycles. The van der Waals surface area contributed by atoms with Crippen molar-refractivity contribution in [2.75, 3.05) is 13.1 Å². The second kappa shape index (κ2) is 5.66. The molecule has 2 rings (SSSR count). The van der Waals surface area contributed by atoms with E-state index in [0.717, 1.165) is 18.2 Å². The number of piperidine rings is 1. The Morgan fingerprint density at radius 3 is 2.57 bits per heavy atom. The molecule has 1 aliphatic heterocycles. The fourth-order valence-electron chi connectivity index (χ4n) is 2.35. The lowest BCUT2D eigenvalue weighted by Gasteiger charge is -2.34. The summed E-state index contributed by atoms with van der Waals surface area (Å²) in [5.74, 6) is -1.17. The second-order valence-corrected chi connectivity index (χ2v) is 6.91. The third-order valence-electron chi connectivity index (χ3n) is 3.51. The smallest absolute Gasteiger partial charge is 0.317 e. The van der Waals surface area contributed by atoms with E-state index in [-0.39, 0.29) is 0 Å². The molecular weight excluding hydrogens is 301 g/mol. The van der Waals surface area contributed by atoms with Crippen molar-refractivity contribution in [3.8, 4) is 0 Å². The summed E-state index contributed by atoms with van der Waals surface area (Å²) in [6.07, 6.45) is 1.10. The standard InChI is InChI=1S/C12H16FN3O4S/c1-12(5-7-14-8-6-12)15-21(19,20)10-4-2-3-9(13)11(10)16(17)18/h2-4,14-15H,5-8H2,1H3. The molecule has 0 unspecified atom stereocenters. The first-order valence-electron chi connectivity index (χ1n) is 6.43. The van der Waals surface area contributed by atoms with Crippen molar-refractivity contribution in [1.82, 2.24) is 10.0 Å². The van der Waals surface area contributed by atoms with Crippen LogP contribution in [0.15, 0.2) is 23.1 Å². The molecule has 0 aliphatic carbocycles. The molecule has 2 N–H and O–H groups in total. The van der Waals surface area contributed by atoms with Crippen LogP contribution in [0.2, 0.25) is 0 Å². The molecule has 0 bridgehead atoms. The summed E-state index contributed by atoms with van der Waals surface area (Å²) in [7, 11) is -4.18. The highest BCUT2D eigenvalue weighted by atomic mass is 32.2. The molecule has 0 amide bonds. The zero-order valence-electron chi connectivity index (χ0n) is 11.4. The molecular formula is C12H16FN3O4S. The van der Waals surface area contributed by atoms with Gasteiger partial charge in [-0.25, -0.2) is 13.1 Å². The van der Waals surface area contributed by atoms with Crippen molar-refractivity contribution in [2.45, 2.75) is 30.2 Å². The number of nitro benzene ring substituents is 1. The Balaban J connectivity index is 2.40. The molecule has 7 nitrogen and oxygen atoms in total. The van der Waals surface area contributed by atoms with E-state index in [1.165, 1.54) is 0 Å². The van der Waals surface area contributed by atoms with Gasteiger partial charge in [0.15, 0.2) is 4.90 Å². The molecule has 0 aromatic heterocycles. The highest BCUT2D eigenvalue weighted by Crippen LogP contribution is 2.29. The van der Waals surface area contributed by atoms with Crippen LogP contribution >= 0.6 is 0 Å². The number of rotatable bonds is 4. The van der Waals surface area contributed by atoms with Crippen LogP contribution in [0.4, 0.5) is 10.1 Å². The Kier molecular flexibility index (Phi) is 4.26. The normalized spacial score (nSPS) is 18.4. The summed E-state index contributed by atoms with van der Waals surface area (Å²) >= 11 is 0. The van der Waals surface area contributed by atoms with Gasteiger partial charge in [-0.3, -0.25) is 10.1 Å². The zero-order valence-corrected chi connectivity index (χ0v) is 12.2. The molecule has 1 heterocycles. The maximum absolute atomic E-state index is 13.6. The molecule has 1 saturated heterocycles. The number of hydrogen-bond donors (Lipinski definition) is 2. The van der Waals surface area contributed by atoms with Gasteiger partial charge in [-0.05, 0) is 45.0 Å². The lowest BCUT2D eigenvalue weighted by Crippen LogP contribution is -2.52. The van der Waals surface area contributed by atoms with Gasteiger partial charge in [0.05, 0.1) is 4.92 Å². The van der Waals surface area contributed by atoms with E-state index in [2.05, 4.69) is 10.0 Å². The first kappa shape index (κ1) is 15.8. The van der Waals surface area contributed by atoms with Crippen molar-refractivity contribution in [1.29, 1.82) is 0 Å². The van der Waals surface area contributed by atoms with Gasteiger partial charge in [0, 0.05) is 5.54 Å². The highest BCUT2D eigenvalue weighted by molar-refractivity contribution is 7.89. The number of benzene rings is 1. The maximum atomic E-state index is 13.6. The highest BCUT2D eigenvalue weighted by Gasteiger charge is 2.36. The summed E-state index contributed by atoms with van der Waals surface area (Å²) in [5.41, 5.74) is -1.73. The summed E-state index contributed by atoms with van der Waals surface area (Å²) in [6, 6.07) is 3.04. The van der Waals surface area contributed by atoms with Gasteiger partial charge in [-0.2, -0.15) is 4.39 Å². The van der Waals surface area contributed by atoms with E-state index < -0.39 is 36.9 Å². The molecule has 0 spiro atoms. The topological polar surface area (TPSA) is 101 Å². The van der Waals surface area contributed by atoms with Gasteiger partial charge < -0.3 is 5.32 Å². The fraction of sp³-hybridized carbons (Fsp3) is 0.500. The molecule has 1 aromatic rings. The molecule has 0 radical (unpaired) electrons. The first-order valence-corrected chi connectivity index (χ1v) is 7.91. The maximum Gasteiger partial charge on any atom is 0.324 e. The van der Waals surface area contributed by atoms with Crippen LogP contribution in [0.3, 0.4) is 0 Å². The summed E-state index contributed by atoms with van der Waals surface area (Å²) in [6.45, 7) is 3.02. The fourth-order valence-corrected chi connectivity index (χ4v) is 4.00. The zero-order chi connectivity index (χ0) is 15.7. The van der Waals surface area contributed by atoms with E-state index in [1.807, 2.05) is 0 Å². The molecule has 1 aliphatic rings. The van der Waals surface area contributed by atoms with Gasteiger partial charge in [0.1, 0.15) is 0 Å². The van der Waals surface area contributed by atoms with Crippen molar-refractivity contribution in [3.63, 3.8) is 0 Å². The number of hydrogen-bond acceptors (Lipinski definition) is 5. The Hall–Kier alpha value is -1.58. The van der Waals surface area contributed by atoms with Crippen LogP contribution in [0.5, 0.6) is 0 Å². The van der Waals surface area contributed by atoms with Crippen LogP contribution in [-0.2, 0) is 10.0 Å². The number of halogens is 1. The number of sulfonamides is 1. The van der Waals surface area contributed by atoms with Crippen molar-refractivity contribution in [2.24, 2.45) is 0 Å². The van der Waals surface area contributed by atoms with Crippen LogP contribution in [-0.4, -0.2) is 32.0 Å². The van der Waals surface area contributed by atoms with Crippen molar-refractivity contribution in [3.05, 3.63) is 34.1 Å². The molecule has 0 saturated carbocycles. The Labute approximate surface area is 121 Å². The quantitative estimate of drug-likeness (QED) is 0.641. The van der Waals surface area contributed by atoms with Crippen molar-refractivity contribution < 1.29 is 17.7 Å². The van der Waals surface area contributed by atoms with Crippen LogP contribution in [0.25, 0.3) is 0 Å². The average molecular weight is 317 g/mol. The number of para-hydroxylation sites is 1. The van der Waals surface area contributed by atoms with Gasteiger partial charge >= 0.3 is 5.69 Å². The second-order valence-electron chi connectivity index (χ2n) is 5.26. The molecule has 21 heavy (non-hydrogen) atoms. The molecule has 0 atom stereocenters. The van der Waals surface area contributed by atoms with E-state index in [4.69, 9.17) is 0 Å². The Morgan fingerprint density at radius 1 is 1.38 bits per heavy atom. The average Bonchev–Trinajstić information content (AvgIpc) is 2.37. The SMILES string of the molecule is CC1(NS(=O)(=O)c2cccc(F)c2[N+](=O)[O-])CCNCC1. The van der Waals surface area contributed by atoms with E-state index in [0.29, 0.717) is 25.9 Å². The minimum Gasteiger partial charge on any atom is -0.317 e. The Morgan fingerprint density at radius 2 is 2.00 bits per heavy atom. The summed E-state index contributed by atoms with van der Waals surface area (Å²) in [5, 5.41) is 14.0. The lowest BCUT2D eigenvalue weighted by molar-refractivity contribution is -0.390. The largest absolute Gasteiger partial charge is 0.324 e. The summed E-state index contributed by atoms with van der Waals surface area (Å²) < 4.78 is 40.8. The monoisotopic (exact) mass is 317 g/mol. The molecule has 116 valence electrons. The van der Waals surface area contributed by atoms with Crippen LogP contribution in [0.1, 0.15) is 19.8 Å². The predicted octanol–water partition coefficient (Wildman–Crippen LogP) is 1.15. The van der Waals surface area contributed by atoms with Gasteiger partial charge in [-0.1, -0.05) is 6.07 Å². The van der Waals surface area contributed by atoms with Crippen molar-refractivity contribution >= 4 is 15.7 Å². The van der Waals surface area contributed by atoms with Crippen LogP contribution < -0.4 is 10.0 Å². The minimum atomic E-state index is -4.18. The minimum absolute atomic E-state index is 0.551. The third kappa shape index (κ3) is 3.36. The third-order valence-corrected chi connectivity index (χ3v) is 5.18. The lowest BCUT2D eigenvalue weighted by atomic mass is 9.92. The number of nitrogens with zero attached hydrogens (tertiary/aromatic N) is 1. The predicted molar refractivity (Wildman–Crippen MR) is 73.9 cm³/mol. The van der Waals surface area contributed by atoms with Gasteiger partial charge in [0.2, 0.25) is 15.8 Å². The number of nitrogens with one attached hydrogen (secondary N) is 2. The number of nitro groups is 1. The van der Waals surface area contributed by atoms with Gasteiger partial charge in [0.25, 0.3) is 0 Å². The Bertz CT molecular complexity index is 656. The summed E-state index contributed by atoms with van der Waals surface area (Å²) in [4.78, 5) is 9.26. The molecule has 1 fully saturated rings. The van der Waals surface area contributed by atoms with E-state index >= 15 is 0 Å².